The lowest BCUT2D eigenvalue weighted by atomic mass is 9.85. The molecule has 0 saturated carbocycles. The zero-order valence-corrected chi connectivity index (χ0v) is 9.77. The Morgan fingerprint density at radius 2 is 2.12 bits per heavy atom. The lowest BCUT2D eigenvalue weighted by Gasteiger charge is -2.36. The Balaban J connectivity index is 2.14. The second-order valence-corrected chi connectivity index (χ2v) is 4.72. The second-order valence-electron chi connectivity index (χ2n) is 4.72. The number of rotatable bonds is 0. The molecule has 1 aromatic rings. The summed E-state index contributed by atoms with van der Waals surface area (Å²) in [6.45, 7) is 1.98. The number of Topliss-reactive ketones (excluding diaryl/α,β-unsaturated/α-hetero) is 1. The van der Waals surface area contributed by atoms with Crippen LogP contribution in [0, 0.1) is 5.92 Å². The van der Waals surface area contributed by atoms with Gasteiger partial charge in [-0.05, 0) is 25.1 Å². The summed E-state index contributed by atoms with van der Waals surface area (Å²) in [5.74, 6) is 0.105. The van der Waals surface area contributed by atoms with Crippen molar-refractivity contribution in [2.24, 2.45) is 5.92 Å². The maximum atomic E-state index is 12.4. The number of phenols is 1. The van der Waals surface area contributed by atoms with Gasteiger partial charge in [-0.1, -0.05) is 0 Å². The number of carbonyl (C=O) groups is 1. The first-order chi connectivity index (χ1) is 8.09. The van der Waals surface area contributed by atoms with Crippen molar-refractivity contribution in [3.63, 3.8) is 0 Å². The number of hydrazine groups is 1. The summed E-state index contributed by atoms with van der Waals surface area (Å²) in [4.78, 5) is 14.4. The van der Waals surface area contributed by atoms with Crippen molar-refractivity contribution in [1.82, 2.24) is 10.9 Å². The quantitative estimate of drug-likeness (QED) is 0.607. The largest absolute Gasteiger partial charge is 0.508 e. The van der Waals surface area contributed by atoms with Crippen molar-refractivity contribution < 1.29 is 9.90 Å². The summed E-state index contributed by atoms with van der Waals surface area (Å²) in [5, 5.41) is 9.50. The third kappa shape index (κ3) is 1.36. The van der Waals surface area contributed by atoms with E-state index in [9.17, 15) is 9.90 Å². The van der Waals surface area contributed by atoms with Crippen LogP contribution < -0.4 is 15.8 Å². The fraction of sp³-hybridized carbons (Fsp3) is 0.417. The van der Waals surface area contributed by atoms with E-state index in [0.717, 1.165) is 5.69 Å². The van der Waals surface area contributed by atoms with Gasteiger partial charge in [0.2, 0.25) is 0 Å². The van der Waals surface area contributed by atoms with Crippen LogP contribution in [0.5, 0.6) is 5.75 Å². The molecule has 90 valence electrons. The van der Waals surface area contributed by atoms with E-state index in [1.54, 1.807) is 18.2 Å². The lowest BCUT2D eigenvalue weighted by molar-refractivity contribution is 0.0891. The number of nitrogens with zero attached hydrogens (tertiary/aromatic N) is 1. The van der Waals surface area contributed by atoms with E-state index < -0.39 is 0 Å². The van der Waals surface area contributed by atoms with Gasteiger partial charge in [0.05, 0.1) is 5.92 Å². The van der Waals surface area contributed by atoms with Gasteiger partial charge in [0, 0.05) is 24.3 Å². The number of carbonyl (C=O) groups excluding carboxylic acids is 1. The number of fused-ring (bicyclic) bond motifs is 2. The summed E-state index contributed by atoms with van der Waals surface area (Å²) in [5.41, 5.74) is 7.69. The van der Waals surface area contributed by atoms with Gasteiger partial charge in [-0.15, -0.1) is 0 Å². The highest BCUT2D eigenvalue weighted by Gasteiger charge is 2.45. The molecule has 5 nitrogen and oxygen atoms in total. The van der Waals surface area contributed by atoms with Crippen LogP contribution in [0.15, 0.2) is 18.2 Å². The average molecular weight is 233 g/mol. The van der Waals surface area contributed by atoms with E-state index in [4.69, 9.17) is 0 Å². The zero-order chi connectivity index (χ0) is 12.2. The van der Waals surface area contributed by atoms with Gasteiger partial charge in [0.15, 0.2) is 5.78 Å². The molecule has 0 aliphatic carbocycles. The summed E-state index contributed by atoms with van der Waals surface area (Å²) >= 11 is 0. The van der Waals surface area contributed by atoms with E-state index in [0.29, 0.717) is 5.56 Å². The van der Waals surface area contributed by atoms with Crippen LogP contribution in [0.4, 0.5) is 5.69 Å². The van der Waals surface area contributed by atoms with Crippen LogP contribution in [-0.4, -0.2) is 30.1 Å². The summed E-state index contributed by atoms with van der Waals surface area (Å²) < 4.78 is 0. The molecule has 5 heteroatoms. The molecule has 1 aromatic carbocycles. The fourth-order valence-corrected chi connectivity index (χ4v) is 2.74. The van der Waals surface area contributed by atoms with Gasteiger partial charge >= 0.3 is 0 Å². The predicted octanol–water partition coefficient (Wildman–Crippen LogP) is 0.463. The highest BCUT2D eigenvalue weighted by Crippen LogP contribution is 2.36. The van der Waals surface area contributed by atoms with Crippen molar-refractivity contribution in [2.45, 2.75) is 19.1 Å². The number of anilines is 1. The first-order valence-corrected chi connectivity index (χ1v) is 5.70. The number of ketones is 1. The number of hydrogen-bond acceptors (Lipinski definition) is 5. The standard InChI is InChI=1S/C12H15N3O2/c1-6-10-11(17)8-5-7(16)3-4-9(8)15(2)12(10)14-13-6/h3-6,10,12-14,16H,1-2H3. The van der Waals surface area contributed by atoms with Crippen LogP contribution in [0.3, 0.4) is 0 Å². The van der Waals surface area contributed by atoms with Crippen molar-refractivity contribution in [1.29, 1.82) is 0 Å². The van der Waals surface area contributed by atoms with E-state index in [1.165, 1.54) is 0 Å². The third-order valence-electron chi connectivity index (χ3n) is 3.68. The Hall–Kier alpha value is -1.59. The van der Waals surface area contributed by atoms with Gasteiger partial charge in [0.1, 0.15) is 11.9 Å². The number of hydrogen-bond donors (Lipinski definition) is 3. The number of benzene rings is 1. The van der Waals surface area contributed by atoms with Crippen LogP contribution >= 0.6 is 0 Å². The number of aromatic hydroxyl groups is 1. The molecule has 1 fully saturated rings. The van der Waals surface area contributed by atoms with Gasteiger partial charge in [-0.3, -0.25) is 10.2 Å². The van der Waals surface area contributed by atoms with Crippen molar-refractivity contribution in [3.8, 4) is 5.75 Å². The molecule has 0 spiro atoms. The fourth-order valence-electron chi connectivity index (χ4n) is 2.74. The van der Waals surface area contributed by atoms with Crippen molar-refractivity contribution in [2.75, 3.05) is 11.9 Å². The Kier molecular flexibility index (Phi) is 2.14. The maximum Gasteiger partial charge on any atom is 0.173 e. The van der Waals surface area contributed by atoms with Gasteiger partial charge in [-0.25, -0.2) is 5.43 Å². The predicted molar refractivity (Wildman–Crippen MR) is 63.9 cm³/mol. The van der Waals surface area contributed by atoms with Crippen LogP contribution in [0.2, 0.25) is 0 Å². The molecular weight excluding hydrogens is 218 g/mol. The SMILES string of the molecule is CC1NNC2C1C(=O)c1cc(O)ccc1N2C. The third-order valence-corrected chi connectivity index (χ3v) is 3.68. The summed E-state index contributed by atoms with van der Waals surface area (Å²) in [6, 6.07) is 5.03. The second kappa shape index (κ2) is 3.45. The van der Waals surface area contributed by atoms with Gasteiger partial charge in [-0.2, -0.15) is 0 Å². The molecule has 2 aliphatic rings. The van der Waals surface area contributed by atoms with Crippen LogP contribution in [0.25, 0.3) is 0 Å². The first kappa shape index (κ1) is 10.6. The summed E-state index contributed by atoms with van der Waals surface area (Å²) in [6.07, 6.45) is -0.0189. The molecule has 3 atom stereocenters. The van der Waals surface area contributed by atoms with Crippen LogP contribution in [-0.2, 0) is 0 Å². The lowest BCUT2D eigenvalue weighted by Crippen LogP contribution is -2.50. The normalized spacial score (nSPS) is 31.3. The van der Waals surface area contributed by atoms with Crippen molar-refractivity contribution in [3.05, 3.63) is 23.8 Å². The van der Waals surface area contributed by atoms with E-state index >= 15 is 0 Å². The topological polar surface area (TPSA) is 64.6 Å². The van der Waals surface area contributed by atoms with Gasteiger partial charge < -0.3 is 10.0 Å². The van der Waals surface area contributed by atoms with Crippen molar-refractivity contribution >= 4 is 11.5 Å². The molecule has 0 aromatic heterocycles. The number of nitrogens with one attached hydrogen (secondary N) is 2. The molecule has 1 saturated heterocycles. The van der Waals surface area contributed by atoms with Crippen LogP contribution in [0.1, 0.15) is 17.3 Å². The molecule has 0 radical (unpaired) electrons. The minimum Gasteiger partial charge on any atom is -0.508 e. The molecule has 0 bridgehead atoms. The smallest absolute Gasteiger partial charge is 0.173 e. The van der Waals surface area contributed by atoms with Gasteiger partial charge in [0.25, 0.3) is 0 Å². The monoisotopic (exact) mass is 233 g/mol. The highest BCUT2D eigenvalue weighted by atomic mass is 16.3. The highest BCUT2D eigenvalue weighted by molar-refractivity contribution is 6.06. The Bertz CT molecular complexity index is 489. The Labute approximate surface area is 99.4 Å². The molecule has 0 amide bonds. The Morgan fingerprint density at radius 1 is 1.35 bits per heavy atom. The minimum absolute atomic E-state index is 0.0189. The first-order valence-electron chi connectivity index (χ1n) is 5.70. The number of phenolic OH excluding ortho intramolecular Hbond substituents is 1. The molecule has 17 heavy (non-hydrogen) atoms. The maximum absolute atomic E-state index is 12.4. The minimum atomic E-state index is -0.116. The van der Waals surface area contributed by atoms with E-state index in [-0.39, 0.29) is 29.7 Å². The molecule has 3 rings (SSSR count). The van der Waals surface area contributed by atoms with E-state index in [2.05, 4.69) is 10.9 Å². The molecular formula is C12H15N3O2. The molecule has 2 heterocycles. The average Bonchev–Trinajstić information content (AvgIpc) is 2.68. The van der Waals surface area contributed by atoms with E-state index in [1.807, 2.05) is 18.9 Å². The molecule has 3 unspecified atom stereocenters. The molecule has 3 N–H and O–H groups in total. The molecule has 2 aliphatic heterocycles. The zero-order valence-electron chi connectivity index (χ0n) is 9.77. The summed E-state index contributed by atoms with van der Waals surface area (Å²) in [7, 11) is 1.95. The Morgan fingerprint density at radius 3 is 2.88 bits per heavy atom.